The number of methoxy groups -OCH3 is 1. The SMILES string of the molecule is C=C(/C=C\C=C(/CC)n1c(=O)n(Cc2cccc(F)c2F)c2cnc(N)nc21)OC. The molecule has 7 nitrogen and oxygen atoms in total. The Morgan fingerprint density at radius 1 is 1.37 bits per heavy atom. The van der Waals surface area contributed by atoms with Gasteiger partial charge in [0.25, 0.3) is 0 Å². The number of allylic oxidation sites excluding steroid dienone is 4. The molecule has 0 aliphatic carbocycles. The van der Waals surface area contributed by atoms with Gasteiger partial charge in [0.2, 0.25) is 5.95 Å². The smallest absolute Gasteiger partial charge is 0.335 e. The van der Waals surface area contributed by atoms with Gasteiger partial charge in [-0.1, -0.05) is 31.7 Å². The summed E-state index contributed by atoms with van der Waals surface area (Å²) in [5, 5.41) is 0. The third-order valence-corrected chi connectivity index (χ3v) is 4.54. The number of halogens is 2. The Kier molecular flexibility index (Phi) is 6.10. The van der Waals surface area contributed by atoms with Crippen LogP contribution in [0.2, 0.25) is 0 Å². The highest BCUT2D eigenvalue weighted by Gasteiger charge is 2.19. The lowest BCUT2D eigenvalue weighted by molar-refractivity contribution is 0.309. The maximum atomic E-state index is 14.2. The van der Waals surface area contributed by atoms with E-state index < -0.39 is 17.3 Å². The number of rotatable bonds is 7. The number of hydrogen-bond acceptors (Lipinski definition) is 5. The minimum absolute atomic E-state index is 0.0101. The second kappa shape index (κ2) is 8.73. The van der Waals surface area contributed by atoms with Crippen molar-refractivity contribution in [1.29, 1.82) is 0 Å². The van der Waals surface area contributed by atoms with Gasteiger partial charge in [-0.15, -0.1) is 0 Å². The van der Waals surface area contributed by atoms with Crippen molar-refractivity contribution < 1.29 is 13.5 Å². The molecule has 0 aliphatic rings. The first kappa shape index (κ1) is 21.0. The van der Waals surface area contributed by atoms with Crippen LogP contribution in [-0.2, 0) is 11.3 Å². The van der Waals surface area contributed by atoms with Crippen LogP contribution in [-0.4, -0.2) is 26.2 Å². The number of nitrogens with zero attached hydrogens (tertiary/aromatic N) is 4. The van der Waals surface area contributed by atoms with E-state index >= 15 is 0 Å². The average molecular weight is 413 g/mol. The molecule has 1 aromatic carbocycles. The van der Waals surface area contributed by atoms with Crippen molar-refractivity contribution in [2.75, 3.05) is 12.8 Å². The summed E-state index contributed by atoms with van der Waals surface area (Å²) in [5.41, 5.74) is 6.53. The van der Waals surface area contributed by atoms with Gasteiger partial charge in [-0.25, -0.2) is 23.1 Å². The molecule has 0 saturated heterocycles. The van der Waals surface area contributed by atoms with E-state index in [1.165, 1.54) is 34.6 Å². The number of ether oxygens (including phenoxy) is 1. The largest absolute Gasteiger partial charge is 0.497 e. The van der Waals surface area contributed by atoms with Crippen molar-refractivity contribution in [2.45, 2.75) is 19.9 Å². The molecule has 0 atom stereocenters. The summed E-state index contributed by atoms with van der Waals surface area (Å²) in [5.74, 6) is -1.55. The van der Waals surface area contributed by atoms with Crippen LogP contribution in [0.3, 0.4) is 0 Å². The third kappa shape index (κ3) is 4.00. The van der Waals surface area contributed by atoms with Crippen LogP contribution >= 0.6 is 0 Å². The summed E-state index contributed by atoms with van der Waals surface area (Å²) in [6.45, 7) is 5.38. The lowest BCUT2D eigenvalue weighted by Crippen LogP contribution is -2.24. The zero-order valence-electron chi connectivity index (χ0n) is 16.6. The zero-order chi connectivity index (χ0) is 21.8. The summed E-state index contributed by atoms with van der Waals surface area (Å²) in [7, 11) is 1.50. The van der Waals surface area contributed by atoms with Crippen LogP contribution in [0.1, 0.15) is 18.9 Å². The average Bonchev–Trinajstić information content (AvgIpc) is 2.99. The van der Waals surface area contributed by atoms with E-state index in [-0.39, 0.29) is 23.7 Å². The number of anilines is 1. The second-order valence-electron chi connectivity index (χ2n) is 6.40. The Morgan fingerprint density at radius 2 is 2.13 bits per heavy atom. The highest BCUT2D eigenvalue weighted by molar-refractivity contribution is 5.76. The van der Waals surface area contributed by atoms with Gasteiger partial charge in [-0.05, 0) is 24.6 Å². The molecule has 9 heteroatoms. The van der Waals surface area contributed by atoms with Gasteiger partial charge in [0, 0.05) is 11.3 Å². The third-order valence-electron chi connectivity index (χ3n) is 4.54. The number of aromatic nitrogens is 4. The molecule has 0 aliphatic heterocycles. The number of hydrogen-bond donors (Lipinski definition) is 1. The van der Waals surface area contributed by atoms with Crippen molar-refractivity contribution in [3.05, 3.63) is 82.6 Å². The van der Waals surface area contributed by atoms with Crippen molar-refractivity contribution in [3.8, 4) is 0 Å². The molecule has 3 rings (SSSR count). The molecule has 156 valence electrons. The van der Waals surface area contributed by atoms with Crippen LogP contribution < -0.4 is 11.4 Å². The van der Waals surface area contributed by atoms with E-state index in [1.807, 2.05) is 6.92 Å². The molecule has 0 fully saturated rings. The molecular formula is C21H21F2N5O2. The minimum atomic E-state index is -1.01. The topological polar surface area (TPSA) is 88.0 Å². The standard InChI is InChI=1S/C21H21F2N5O2/c1-4-15(9-5-7-13(2)30-3)28-19-17(11-25-20(24)26-19)27(21(28)29)12-14-8-6-10-16(22)18(14)23/h5-11H,2,4,12H2,1,3H3,(H2,24,25,26)/b7-5-,15-9+. The highest BCUT2D eigenvalue weighted by atomic mass is 19.2. The quantitative estimate of drug-likeness (QED) is 0.473. The molecular weight excluding hydrogens is 392 g/mol. The molecule has 0 spiro atoms. The van der Waals surface area contributed by atoms with Gasteiger partial charge in [-0.2, -0.15) is 4.98 Å². The summed E-state index contributed by atoms with van der Waals surface area (Å²) >= 11 is 0. The first-order valence-corrected chi connectivity index (χ1v) is 9.14. The predicted octanol–water partition coefficient (Wildman–Crippen LogP) is 3.47. The fourth-order valence-electron chi connectivity index (χ4n) is 2.99. The molecule has 2 aromatic heterocycles. The monoisotopic (exact) mass is 413 g/mol. The van der Waals surface area contributed by atoms with Crippen molar-refractivity contribution >= 4 is 22.8 Å². The lowest BCUT2D eigenvalue weighted by Gasteiger charge is -2.06. The molecule has 30 heavy (non-hydrogen) atoms. The molecule has 3 aromatic rings. The Bertz CT molecular complexity index is 1220. The van der Waals surface area contributed by atoms with E-state index in [9.17, 15) is 13.6 Å². The number of imidazole rings is 1. The first-order valence-electron chi connectivity index (χ1n) is 9.14. The van der Waals surface area contributed by atoms with Crippen molar-refractivity contribution in [3.63, 3.8) is 0 Å². The van der Waals surface area contributed by atoms with Gasteiger partial charge >= 0.3 is 5.69 Å². The summed E-state index contributed by atoms with van der Waals surface area (Å²) in [6.07, 6.45) is 6.93. The predicted molar refractivity (Wildman–Crippen MR) is 112 cm³/mol. The van der Waals surface area contributed by atoms with E-state index in [4.69, 9.17) is 10.5 Å². The molecule has 0 unspecified atom stereocenters. The van der Waals surface area contributed by atoms with E-state index in [0.29, 0.717) is 23.4 Å². The second-order valence-corrected chi connectivity index (χ2v) is 6.40. The fraction of sp³-hybridized carbons (Fsp3) is 0.190. The summed E-state index contributed by atoms with van der Waals surface area (Å²) in [4.78, 5) is 21.4. The van der Waals surface area contributed by atoms with Crippen LogP contribution in [0.15, 0.2) is 59.8 Å². The lowest BCUT2D eigenvalue weighted by atomic mass is 10.2. The Balaban J connectivity index is 2.19. The molecule has 0 saturated carbocycles. The minimum Gasteiger partial charge on any atom is -0.497 e. The molecule has 0 amide bonds. The molecule has 0 radical (unpaired) electrons. The Morgan fingerprint density at radius 3 is 2.83 bits per heavy atom. The van der Waals surface area contributed by atoms with Gasteiger partial charge in [0.05, 0.1) is 19.9 Å². The number of benzene rings is 1. The molecule has 2 heterocycles. The number of fused-ring (bicyclic) bond motifs is 1. The molecule has 0 bridgehead atoms. The van der Waals surface area contributed by atoms with Gasteiger partial charge in [0.1, 0.15) is 11.3 Å². The van der Waals surface area contributed by atoms with Crippen LogP contribution in [0.4, 0.5) is 14.7 Å². The first-order chi connectivity index (χ1) is 14.4. The maximum absolute atomic E-state index is 14.2. The highest BCUT2D eigenvalue weighted by Crippen LogP contribution is 2.20. The van der Waals surface area contributed by atoms with Crippen molar-refractivity contribution in [1.82, 2.24) is 19.1 Å². The fourth-order valence-corrected chi connectivity index (χ4v) is 2.99. The summed E-state index contributed by atoms with van der Waals surface area (Å²) < 4.78 is 35.5. The van der Waals surface area contributed by atoms with Gasteiger partial charge < -0.3 is 10.5 Å². The number of nitrogens with two attached hydrogens (primary N) is 1. The Hall–Kier alpha value is -3.75. The Labute approximate surface area is 171 Å². The van der Waals surface area contributed by atoms with Crippen molar-refractivity contribution in [2.24, 2.45) is 0 Å². The molecule has 2 N–H and O–H groups in total. The van der Waals surface area contributed by atoms with Crippen LogP contribution in [0.5, 0.6) is 0 Å². The van der Waals surface area contributed by atoms with E-state index in [0.717, 1.165) is 6.07 Å². The van der Waals surface area contributed by atoms with E-state index in [1.54, 1.807) is 18.2 Å². The van der Waals surface area contributed by atoms with Crippen LogP contribution in [0.25, 0.3) is 16.9 Å². The maximum Gasteiger partial charge on any atom is 0.335 e. The van der Waals surface area contributed by atoms with E-state index in [2.05, 4.69) is 16.5 Å². The van der Waals surface area contributed by atoms with Gasteiger partial charge in [0.15, 0.2) is 17.3 Å². The van der Waals surface area contributed by atoms with Gasteiger partial charge in [-0.3, -0.25) is 4.57 Å². The number of nitrogen functional groups attached to an aromatic ring is 1. The zero-order valence-corrected chi connectivity index (χ0v) is 16.6. The summed E-state index contributed by atoms with van der Waals surface area (Å²) in [6, 6.07) is 3.83. The van der Waals surface area contributed by atoms with Crippen LogP contribution in [0, 0.1) is 11.6 Å². The normalized spacial score (nSPS) is 12.1.